The molecule has 0 atom stereocenters. The second kappa shape index (κ2) is 9.61. The van der Waals surface area contributed by atoms with Gasteiger partial charge in [-0.15, -0.1) is 0 Å². The molecule has 0 unspecified atom stereocenters. The Kier molecular flexibility index (Phi) is 8.07. The summed E-state index contributed by atoms with van der Waals surface area (Å²) in [6, 6.07) is 0.196. The third-order valence-electron chi connectivity index (χ3n) is 3.98. The summed E-state index contributed by atoms with van der Waals surface area (Å²) in [6.07, 6.45) is 8.65. The second-order valence-corrected chi connectivity index (χ2v) is 5.76. The summed E-state index contributed by atoms with van der Waals surface area (Å²) in [6.45, 7) is 2.77. The van der Waals surface area contributed by atoms with Crippen LogP contribution in [-0.4, -0.2) is 29.7 Å². The Morgan fingerprint density at radius 2 is 1.85 bits per heavy atom. The van der Waals surface area contributed by atoms with Gasteiger partial charge in [0.05, 0.1) is 0 Å². The minimum Gasteiger partial charge on any atom is -0.481 e. The first kappa shape index (κ1) is 16.8. The largest absolute Gasteiger partial charge is 0.481 e. The molecule has 0 aromatic carbocycles. The highest BCUT2D eigenvalue weighted by atomic mass is 16.4. The third kappa shape index (κ3) is 7.36. The first-order valence-electron chi connectivity index (χ1n) is 7.88. The highest BCUT2D eigenvalue weighted by Crippen LogP contribution is 2.27. The van der Waals surface area contributed by atoms with Crippen LogP contribution in [0.4, 0.5) is 4.79 Å². The number of carbonyl (C=O) groups excluding carboxylic acids is 1. The topological polar surface area (TPSA) is 78.4 Å². The van der Waals surface area contributed by atoms with Crippen molar-refractivity contribution in [2.45, 2.75) is 70.8 Å². The summed E-state index contributed by atoms with van der Waals surface area (Å²) in [4.78, 5) is 22.0. The van der Waals surface area contributed by atoms with Crippen LogP contribution in [-0.2, 0) is 4.79 Å². The summed E-state index contributed by atoms with van der Waals surface area (Å²) >= 11 is 0. The van der Waals surface area contributed by atoms with Gasteiger partial charge in [0, 0.05) is 19.0 Å². The second-order valence-electron chi connectivity index (χ2n) is 5.76. The predicted octanol–water partition coefficient (Wildman–Crippen LogP) is 2.90. The monoisotopic (exact) mass is 284 g/mol. The van der Waals surface area contributed by atoms with Gasteiger partial charge in [-0.05, 0) is 44.4 Å². The number of carboxylic acids is 1. The lowest BCUT2D eigenvalue weighted by Gasteiger charge is -2.28. The lowest BCUT2D eigenvalue weighted by atomic mass is 9.83. The van der Waals surface area contributed by atoms with Crippen molar-refractivity contribution in [2.75, 3.05) is 6.54 Å². The van der Waals surface area contributed by atoms with Gasteiger partial charge in [0.1, 0.15) is 0 Å². The van der Waals surface area contributed by atoms with Crippen LogP contribution in [0, 0.1) is 5.92 Å². The molecule has 1 fully saturated rings. The van der Waals surface area contributed by atoms with Crippen molar-refractivity contribution in [2.24, 2.45) is 5.92 Å². The van der Waals surface area contributed by atoms with E-state index >= 15 is 0 Å². The molecule has 116 valence electrons. The number of nitrogens with one attached hydrogen (secondary N) is 2. The molecule has 5 heteroatoms. The zero-order chi connectivity index (χ0) is 14.8. The number of aliphatic carboxylic acids is 1. The van der Waals surface area contributed by atoms with Crippen molar-refractivity contribution >= 4 is 12.0 Å². The molecule has 3 N–H and O–H groups in total. The molecule has 0 aliphatic heterocycles. The van der Waals surface area contributed by atoms with Gasteiger partial charge in [0.25, 0.3) is 0 Å². The zero-order valence-electron chi connectivity index (χ0n) is 12.5. The van der Waals surface area contributed by atoms with Crippen LogP contribution in [0.25, 0.3) is 0 Å². The zero-order valence-corrected chi connectivity index (χ0v) is 12.5. The number of rotatable bonds is 8. The van der Waals surface area contributed by atoms with Crippen molar-refractivity contribution in [3.8, 4) is 0 Å². The molecule has 0 aromatic rings. The lowest BCUT2D eigenvalue weighted by Crippen LogP contribution is -2.43. The highest BCUT2D eigenvalue weighted by Gasteiger charge is 2.21. The smallest absolute Gasteiger partial charge is 0.315 e. The van der Waals surface area contributed by atoms with E-state index in [1.807, 2.05) is 0 Å². The van der Waals surface area contributed by atoms with Crippen molar-refractivity contribution in [1.29, 1.82) is 0 Å². The Labute approximate surface area is 121 Å². The summed E-state index contributed by atoms with van der Waals surface area (Å²) in [5.74, 6) is 0.0652. The van der Waals surface area contributed by atoms with Gasteiger partial charge < -0.3 is 15.7 Å². The van der Waals surface area contributed by atoms with E-state index in [4.69, 9.17) is 5.11 Å². The molecule has 5 nitrogen and oxygen atoms in total. The number of carbonyl (C=O) groups is 2. The Balaban J connectivity index is 2.04. The highest BCUT2D eigenvalue weighted by molar-refractivity contribution is 5.74. The minimum atomic E-state index is -0.779. The maximum absolute atomic E-state index is 11.7. The molecule has 0 bridgehead atoms. The van der Waals surface area contributed by atoms with E-state index in [1.165, 1.54) is 25.7 Å². The SMILES string of the molecule is CCCC1CCC(NC(=O)NCCCCC(=O)O)CC1. The number of hydrogen-bond donors (Lipinski definition) is 3. The summed E-state index contributed by atoms with van der Waals surface area (Å²) in [7, 11) is 0. The van der Waals surface area contributed by atoms with Crippen molar-refractivity contribution in [1.82, 2.24) is 10.6 Å². The van der Waals surface area contributed by atoms with Crippen LogP contribution in [0.15, 0.2) is 0 Å². The molecule has 1 aliphatic rings. The normalized spacial score (nSPS) is 22.2. The fraction of sp³-hybridized carbons (Fsp3) is 0.867. The predicted molar refractivity (Wildman–Crippen MR) is 78.7 cm³/mol. The van der Waals surface area contributed by atoms with E-state index in [9.17, 15) is 9.59 Å². The van der Waals surface area contributed by atoms with Crippen LogP contribution < -0.4 is 10.6 Å². The van der Waals surface area contributed by atoms with Crippen LogP contribution in [0.2, 0.25) is 0 Å². The Morgan fingerprint density at radius 3 is 2.45 bits per heavy atom. The number of unbranched alkanes of at least 4 members (excludes halogenated alkanes) is 1. The van der Waals surface area contributed by atoms with Crippen LogP contribution >= 0.6 is 0 Å². The summed E-state index contributed by atoms with van der Waals surface area (Å²) < 4.78 is 0. The lowest BCUT2D eigenvalue weighted by molar-refractivity contribution is -0.137. The number of carboxylic acid groups (broad SMARTS) is 1. The van der Waals surface area contributed by atoms with Gasteiger partial charge >= 0.3 is 12.0 Å². The molecule has 0 aromatic heterocycles. The van der Waals surface area contributed by atoms with Crippen molar-refractivity contribution in [3.63, 3.8) is 0 Å². The van der Waals surface area contributed by atoms with Gasteiger partial charge in [-0.25, -0.2) is 4.79 Å². The van der Waals surface area contributed by atoms with E-state index in [2.05, 4.69) is 17.6 Å². The molecular weight excluding hydrogens is 256 g/mol. The van der Waals surface area contributed by atoms with E-state index in [-0.39, 0.29) is 12.5 Å². The average molecular weight is 284 g/mol. The third-order valence-corrected chi connectivity index (χ3v) is 3.98. The average Bonchev–Trinajstić information content (AvgIpc) is 2.40. The van der Waals surface area contributed by atoms with Crippen LogP contribution in [0.3, 0.4) is 0 Å². The maximum atomic E-state index is 11.7. The molecule has 1 saturated carbocycles. The summed E-state index contributed by atoms with van der Waals surface area (Å²) in [5, 5.41) is 14.3. The Hall–Kier alpha value is -1.26. The molecular formula is C15H28N2O3. The van der Waals surface area contributed by atoms with E-state index in [0.29, 0.717) is 25.4 Å². The first-order chi connectivity index (χ1) is 9.61. The van der Waals surface area contributed by atoms with E-state index < -0.39 is 5.97 Å². The molecule has 0 radical (unpaired) electrons. The minimum absolute atomic E-state index is 0.112. The van der Waals surface area contributed by atoms with Gasteiger partial charge in [-0.2, -0.15) is 0 Å². The fourth-order valence-corrected chi connectivity index (χ4v) is 2.84. The van der Waals surface area contributed by atoms with Gasteiger partial charge in [0.15, 0.2) is 0 Å². The number of amides is 2. The number of hydrogen-bond acceptors (Lipinski definition) is 2. The van der Waals surface area contributed by atoms with Crippen molar-refractivity contribution < 1.29 is 14.7 Å². The molecule has 20 heavy (non-hydrogen) atoms. The number of urea groups is 1. The van der Waals surface area contributed by atoms with Gasteiger partial charge in [0.2, 0.25) is 0 Å². The standard InChI is InChI=1S/C15H28N2O3/c1-2-5-12-7-9-13(10-8-12)17-15(20)16-11-4-3-6-14(18)19/h12-13H,2-11H2,1H3,(H,18,19)(H2,16,17,20). The van der Waals surface area contributed by atoms with E-state index in [1.54, 1.807) is 0 Å². The fourth-order valence-electron chi connectivity index (χ4n) is 2.84. The Morgan fingerprint density at radius 1 is 1.15 bits per heavy atom. The summed E-state index contributed by atoms with van der Waals surface area (Å²) in [5.41, 5.74) is 0. The van der Waals surface area contributed by atoms with E-state index in [0.717, 1.165) is 18.8 Å². The Bertz CT molecular complexity index is 299. The van der Waals surface area contributed by atoms with Gasteiger partial charge in [-0.1, -0.05) is 19.8 Å². The molecule has 0 spiro atoms. The van der Waals surface area contributed by atoms with Crippen molar-refractivity contribution in [3.05, 3.63) is 0 Å². The quantitative estimate of drug-likeness (QED) is 0.600. The van der Waals surface area contributed by atoms with Crippen LogP contribution in [0.5, 0.6) is 0 Å². The molecule has 1 aliphatic carbocycles. The maximum Gasteiger partial charge on any atom is 0.315 e. The molecule has 0 saturated heterocycles. The molecule has 0 heterocycles. The molecule has 2 amide bonds. The first-order valence-corrected chi connectivity index (χ1v) is 7.88. The molecule has 1 rings (SSSR count). The van der Waals surface area contributed by atoms with Crippen LogP contribution in [0.1, 0.15) is 64.7 Å². The van der Waals surface area contributed by atoms with Gasteiger partial charge in [-0.3, -0.25) is 4.79 Å².